The number of hydrogen-bond acceptors (Lipinski definition) is 3. The molecule has 0 amide bonds. The van der Waals surface area contributed by atoms with Crippen molar-refractivity contribution >= 4 is 17.7 Å². The molecule has 0 aliphatic heterocycles. The molecule has 0 spiro atoms. The van der Waals surface area contributed by atoms with E-state index in [-0.39, 0.29) is 0 Å². The number of nitrogens with one attached hydrogen (secondary N) is 1. The van der Waals surface area contributed by atoms with Crippen molar-refractivity contribution in [3.05, 3.63) is 35.9 Å². The molecular weight excluding hydrogens is 246 g/mol. The topological polar surface area (TPSA) is 49.3 Å². The van der Waals surface area contributed by atoms with Gasteiger partial charge in [0.1, 0.15) is 5.54 Å². The minimum Gasteiger partial charge on any atom is -0.480 e. The number of carboxylic acids is 1. The molecule has 1 saturated carbocycles. The van der Waals surface area contributed by atoms with Crippen LogP contribution in [0.15, 0.2) is 30.3 Å². The summed E-state index contributed by atoms with van der Waals surface area (Å²) < 4.78 is 0. The average Bonchev–Trinajstić information content (AvgIpc) is 3.19. The van der Waals surface area contributed by atoms with E-state index in [1.165, 1.54) is 0 Å². The molecule has 0 bridgehead atoms. The first-order chi connectivity index (χ1) is 8.69. The molecule has 4 heteroatoms. The summed E-state index contributed by atoms with van der Waals surface area (Å²) in [6, 6.07) is 9.90. The molecule has 0 aromatic heterocycles. The predicted octanol–water partition coefficient (Wildman–Crippen LogP) is 2.47. The molecule has 18 heavy (non-hydrogen) atoms. The van der Waals surface area contributed by atoms with Crippen molar-refractivity contribution in [2.75, 3.05) is 12.0 Å². The lowest BCUT2D eigenvalue weighted by atomic mass is 9.87. The van der Waals surface area contributed by atoms with Gasteiger partial charge in [-0.05, 0) is 36.8 Å². The fraction of sp³-hybridized carbons (Fsp3) is 0.500. The summed E-state index contributed by atoms with van der Waals surface area (Å²) in [4.78, 5) is 11.8. The molecule has 2 N–H and O–H groups in total. The highest BCUT2D eigenvalue weighted by Crippen LogP contribution is 2.32. The van der Waals surface area contributed by atoms with E-state index in [9.17, 15) is 9.90 Å². The van der Waals surface area contributed by atoms with E-state index in [4.69, 9.17) is 0 Å². The van der Waals surface area contributed by atoms with Gasteiger partial charge in [-0.3, -0.25) is 5.32 Å². The van der Waals surface area contributed by atoms with Crippen LogP contribution in [-0.2, 0) is 10.3 Å². The molecule has 0 radical (unpaired) electrons. The summed E-state index contributed by atoms with van der Waals surface area (Å²) in [5.74, 6) is 0.0654. The summed E-state index contributed by atoms with van der Waals surface area (Å²) in [6.45, 7) is 0. The van der Waals surface area contributed by atoms with Gasteiger partial charge in [0.2, 0.25) is 0 Å². The molecule has 0 heterocycles. The number of thioether (sulfide) groups is 1. The van der Waals surface area contributed by atoms with Crippen LogP contribution in [0.1, 0.15) is 24.8 Å². The molecule has 3 nitrogen and oxygen atoms in total. The van der Waals surface area contributed by atoms with Gasteiger partial charge < -0.3 is 5.11 Å². The van der Waals surface area contributed by atoms with Gasteiger partial charge in [0.05, 0.1) is 0 Å². The SMILES string of the molecule is CSCCC(NC1CC1)(C(=O)O)c1ccccc1. The lowest BCUT2D eigenvalue weighted by molar-refractivity contribution is -0.145. The Bertz CT molecular complexity index is 406. The van der Waals surface area contributed by atoms with E-state index >= 15 is 0 Å². The van der Waals surface area contributed by atoms with E-state index in [0.29, 0.717) is 12.5 Å². The Morgan fingerprint density at radius 1 is 1.44 bits per heavy atom. The maximum absolute atomic E-state index is 11.8. The molecule has 1 fully saturated rings. The van der Waals surface area contributed by atoms with E-state index in [1.54, 1.807) is 11.8 Å². The fourth-order valence-corrected chi connectivity index (χ4v) is 2.66. The highest BCUT2D eigenvalue weighted by molar-refractivity contribution is 7.98. The number of hydrogen-bond donors (Lipinski definition) is 2. The number of carbonyl (C=O) groups is 1. The van der Waals surface area contributed by atoms with Gasteiger partial charge in [-0.2, -0.15) is 11.8 Å². The van der Waals surface area contributed by atoms with Crippen molar-refractivity contribution in [1.29, 1.82) is 0 Å². The summed E-state index contributed by atoms with van der Waals surface area (Å²) in [5, 5.41) is 13.1. The van der Waals surface area contributed by atoms with Crippen LogP contribution in [0.3, 0.4) is 0 Å². The molecule has 1 atom stereocenters. The Hall–Kier alpha value is -1.00. The van der Waals surface area contributed by atoms with Gasteiger partial charge in [0, 0.05) is 6.04 Å². The van der Waals surface area contributed by atoms with Crippen molar-refractivity contribution in [3.63, 3.8) is 0 Å². The first kappa shape index (κ1) is 13.4. The van der Waals surface area contributed by atoms with Crippen molar-refractivity contribution in [3.8, 4) is 0 Å². The molecule has 98 valence electrons. The van der Waals surface area contributed by atoms with Crippen molar-refractivity contribution in [2.45, 2.75) is 30.8 Å². The van der Waals surface area contributed by atoms with Crippen molar-refractivity contribution < 1.29 is 9.90 Å². The van der Waals surface area contributed by atoms with Crippen LogP contribution < -0.4 is 5.32 Å². The molecule has 1 aromatic carbocycles. The second kappa shape index (κ2) is 5.76. The molecule has 1 aliphatic carbocycles. The van der Waals surface area contributed by atoms with Crippen LogP contribution in [0.4, 0.5) is 0 Å². The molecular formula is C14H19NO2S. The third-order valence-electron chi connectivity index (χ3n) is 3.34. The Morgan fingerprint density at radius 3 is 2.61 bits per heavy atom. The second-order valence-electron chi connectivity index (χ2n) is 4.74. The minimum atomic E-state index is -0.925. The van der Waals surface area contributed by atoms with Gasteiger partial charge in [-0.15, -0.1) is 0 Å². The number of aliphatic carboxylic acids is 1. The fourth-order valence-electron chi connectivity index (χ4n) is 2.15. The van der Waals surface area contributed by atoms with Crippen LogP contribution in [0, 0.1) is 0 Å². The van der Waals surface area contributed by atoms with E-state index in [2.05, 4.69) is 5.32 Å². The second-order valence-corrected chi connectivity index (χ2v) is 5.72. The molecule has 1 aliphatic rings. The van der Waals surface area contributed by atoms with E-state index < -0.39 is 11.5 Å². The summed E-state index contributed by atoms with van der Waals surface area (Å²) in [5.41, 5.74) is -0.0655. The zero-order chi connectivity index (χ0) is 13.0. The number of benzene rings is 1. The van der Waals surface area contributed by atoms with Crippen LogP contribution in [0.5, 0.6) is 0 Å². The van der Waals surface area contributed by atoms with Gasteiger partial charge >= 0.3 is 5.97 Å². The largest absolute Gasteiger partial charge is 0.480 e. The molecule has 1 unspecified atom stereocenters. The van der Waals surface area contributed by atoms with Gasteiger partial charge in [-0.25, -0.2) is 4.79 Å². The summed E-state index contributed by atoms with van der Waals surface area (Å²) in [6.07, 6.45) is 4.79. The summed E-state index contributed by atoms with van der Waals surface area (Å²) >= 11 is 1.68. The van der Waals surface area contributed by atoms with Gasteiger partial charge in [-0.1, -0.05) is 30.3 Å². The number of rotatable bonds is 7. The zero-order valence-electron chi connectivity index (χ0n) is 10.6. The summed E-state index contributed by atoms with van der Waals surface area (Å²) in [7, 11) is 0. The smallest absolute Gasteiger partial charge is 0.328 e. The van der Waals surface area contributed by atoms with Crippen molar-refractivity contribution in [2.24, 2.45) is 0 Å². The van der Waals surface area contributed by atoms with E-state index in [1.807, 2.05) is 36.6 Å². The van der Waals surface area contributed by atoms with Gasteiger partial charge in [0.25, 0.3) is 0 Å². The minimum absolute atomic E-state index is 0.364. The molecule has 2 rings (SSSR count). The average molecular weight is 265 g/mol. The number of carboxylic acid groups (broad SMARTS) is 1. The zero-order valence-corrected chi connectivity index (χ0v) is 11.4. The highest BCUT2D eigenvalue weighted by atomic mass is 32.2. The quantitative estimate of drug-likeness (QED) is 0.795. The van der Waals surface area contributed by atoms with Gasteiger partial charge in [0.15, 0.2) is 0 Å². The molecule has 1 aromatic rings. The van der Waals surface area contributed by atoms with Crippen LogP contribution in [-0.4, -0.2) is 29.1 Å². The first-order valence-corrected chi connectivity index (χ1v) is 7.64. The third-order valence-corrected chi connectivity index (χ3v) is 3.95. The lowest BCUT2D eigenvalue weighted by Gasteiger charge is -2.31. The standard InChI is InChI=1S/C14H19NO2S/c1-18-10-9-14(13(16)17,15-12-7-8-12)11-5-3-2-4-6-11/h2-6,12,15H,7-10H2,1H3,(H,16,17). The predicted molar refractivity (Wildman–Crippen MR) is 74.9 cm³/mol. The maximum atomic E-state index is 11.8. The lowest BCUT2D eigenvalue weighted by Crippen LogP contribution is -2.50. The Morgan fingerprint density at radius 2 is 2.11 bits per heavy atom. The highest BCUT2D eigenvalue weighted by Gasteiger charge is 2.43. The van der Waals surface area contributed by atoms with Crippen LogP contribution in [0.2, 0.25) is 0 Å². The monoisotopic (exact) mass is 265 g/mol. The van der Waals surface area contributed by atoms with Crippen LogP contribution in [0.25, 0.3) is 0 Å². The Labute approximate surface area is 112 Å². The van der Waals surface area contributed by atoms with Crippen molar-refractivity contribution in [1.82, 2.24) is 5.32 Å². The molecule has 0 saturated heterocycles. The van der Waals surface area contributed by atoms with Crippen LogP contribution >= 0.6 is 11.8 Å². The Kier molecular flexibility index (Phi) is 4.30. The van der Waals surface area contributed by atoms with E-state index in [0.717, 1.165) is 24.2 Å². The normalized spacial score (nSPS) is 18.3. The maximum Gasteiger partial charge on any atom is 0.328 e. The first-order valence-electron chi connectivity index (χ1n) is 6.24. The third kappa shape index (κ3) is 2.87. The Balaban J connectivity index is 2.31.